The first-order valence-electron chi connectivity index (χ1n) is 4.40. The lowest BCUT2D eigenvalue weighted by Crippen LogP contribution is -2.37. The Morgan fingerprint density at radius 2 is 1.94 bits per heavy atom. The number of ether oxygens (including phenoxy) is 2. The second kappa shape index (κ2) is 7.04. The molecule has 0 saturated carbocycles. The van der Waals surface area contributed by atoms with Crippen molar-refractivity contribution in [2.24, 2.45) is 0 Å². The number of hydrogen-bond donors (Lipinski definition) is 1. The normalized spacial score (nSPS) is 11.0. The minimum Gasteiger partial charge on any atom is -0.439 e. The second-order valence-corrected chi connectivity index (χ2v) is 2.77. The predicted octanol–water partition coefficient (Wildman–Crippen LogP) is 0.592. The van der Waals surface area contributed by atoms with Gasteiger partial charge in [0.2, 0.25) is 0 Å². The first-order valence-corrected chi connectivity index (χ1v) is 4.40. The number of carbonyl (C=O) groups is 2. The smallest absolute Gasteiger partial charge is 0.439 e. The van der Waals surface area contributed by atoms with Crippen LogP contribution in [0.5, 0.6) is 0 Å². The molecule has 1 N–H and O–H groups in total. The number of amides is 1. The number of esters is 1. The Hall–Kier alpha value is -1.31. The fraction of sp³-hybridized carbons (Fsp3) is 0.750. The molecule has 0 aromatic rings. The van der Waals surface area contributed by atoms with Gasteiger partial charge in [0.25, 0.3) is 0 Å². The van der Waals surface area contributed by atoms with E-state index in [1.807, 2.05) is 0 Å². The lowest BCUT2D eigenvalue weighted by molar-refractivity contribution is -0.173. The van der Waals surface area contributed by atoms with Gasteiger partial charge in [-0.1, -0.05) is 0 Å². The molecular formula is C8H12F3NO4. The topological polar surface area (TPSA) is 64.6 Å². The van der Waals surface area contributed by atoms with E-state index in [1.54, 1.807) is 5.32 Å². The van der Waals surface area contributed by atoms with Crippen LogP contribution < -0.4 is 5.32 Å². The molecule has 0 bridgehead atoms. The second-order valence-electron chi connectivity index (χ2n) is 2.77. The number of carbonyl (C=O) groups excluding carboxylic acids is 2. The predicted molar refractivity (Wildman–Crippen MR) is 46.3 cm³/mol. The molecule has 0 aromatic heterocycles. The maximum absolute atomic E-state index is 11.7. The molecule has 0 spiro atoms. The molecule has 0 aromatic carbocycles. The van der Waals surface area contributed by atoms with Gasteiger partial charge in [-0.15, -0.1) is 0 Å². The average molecular weight is 243 g/mol. The van der Waals surface area contributed by atoms with Crippen molar-refractivity contribution >= 4 is 11.9 Å². The largest absolute Gasteiger partial charge is 0.471 e. The Morgan fingerprint density at radius 3 is 2.44 bits per heavy atom. The van der Waals surface area contributed by atoms with E-state index in [0.717, 1.165) is 0 Å². The molecule has 0 rings (SSSR count). The summed E-state index contributed by atoms with van der Waals surface area (Å²) in [6, 6.07) is 0. The maximum Gasteiger partial charge on any atom is 0.471 e. The van der Waals surface area contributed by atoms with E-state index in [0.29, 0.717) is 0 Å². The highest BCUT2D eigenvalue weighted by Crippen LogP contribution is 2.13. The zero-order valence-corrected chi connectivity index (χ0v) is 8.60. The van der Waals surface area contributed by atoms with Gasteiger partial charge in [-0.25, -0.2) is 0 Å². The minimum absolute atomic E-state index is 0.0887. The number of alkyl halides is 3. The van der Waals surface area contributed by atoms with Crippen LogP contribution in [0.25, 0.3) is 0 Å². The van der Waals surface area contributed by atoms with Crippen LogP contribution in [0.1, 0.15) is 13.3 Å². The molecule has 0 radical (unpaired) electrons. The maximum atomic E-state index is 11.7. The summed E-state index contributed by atoms with van der Waals surface area (Å²) in [5.41, 5.74) is 0. The van der Waals surface area contributed by atoms with Gasteiger partial charge >= 0.3 is 18.1 Å². The van der Waals surface area contributed by atoms with Crippen LogP contribution in [-0.2, 0) is 19.1 Å². The van der Waals surface area contributed by atoms with Gasteiger partial charge in [-0.05, 0) is 6.42 Å². The molecule has 5 nitrogen and oxygen atoms in total. The summed E-state index contributed by atoms with van der Waals surface area (Å²) in [7, 11) is 0. The van der Waals surface area contributed by atoms with Crippen molar-refractivity contribution < 1.29 is 32.2 Å². The molecule has 8 heteroatoms. The van der Waals surface area contributed by atoms with Crippen LogP contribution in [0.15, 0.2) is 0 Å². The number of halogens is 3. The van der Waals surface area contributed by atoms with Gasteiger partial charge in [-0.3, -0.25) is 9.59 Å². The van der Waals surface area contributed by atoms with Gasteiger partial charge in [-0.2, -0.15) is 13.2 Å². The van der Waals surface area contributed by atoms with Crippen LogP contribution in [0.2, 0.25) is 0 Å². The lowest BCUT2D eigenvalue weighted by atomic mass is 10.4. The van der Waals surface area contributed by atoms with Crippen molar-refractivity contribution in [1.82, 2.24) is 5.32 Å². The highest BCUT2D eigenvalue weighted by Gasteiger charge is 2.38. The van der Waals surface area contributed by atoms with Crippen molar-refractivity contribution in [3.8, 4) is 0 Å². The van der Waals surface area contributed by atoms with Crippen molar-refractivity contribution in [3.63, 3.8) is 0 Å². The average Bonchev–Trinajstić information content (AvgIpc) is 2.14. The molecule has 0 fully saturated rings. The summed E-state index contributed by atoms with van der Waals surface area (Å²) in [5.74, 6) is -2.49. The first-order chi connectivity index (χ1) is 7.34. The Morgan fingerprint density at radius 1 is 1.31 bits per heavy atom. The number of nitrogens with one attached hydrogen (secondary N) is 1. The molecule has 94 valence electrons. The Bertz CT molecular complexity index is 242. The number of rotatable bonds is 6. The zero-order chi connectivity index (χ0) is 12.6. The fourth-order valence-electron chi connectivity index (χ4n) is 0.660. The van der Waals surface area contributed by atoms with E-state index in [9.17, 15) is 22.8 Å². The van der Waals surface area contributed by atoms with Crippen molar-refractivity contribution in [2.45, 2.75) is 19.5 Å². The van der Waals surface area contributed by atoms with Gasteiger partial charge in [0, 0.05) is 13.5 Å². The quantitative estimate of drug-likeness (QED) is 0.421. The van der Waals surface area contributed by atoms with E-state index in [4.69, 9.17) is 4.74 Å². The molecule has 0 saturated heterocycles. The van der Waals surface area contributed by atoms with Gasteiger partial charge in [0.1, 0.15) is 0 Å². The van der Waals surface area contributed by atoms with Crippen molar-refractivity contribution in [3.05, 3.63) is 0 Å². The van der Waals surface area contributed by atoms with Crippen molar-refractivity contribution in [2.75, 3.05) is 19.9 Å². The van der Waals surface area contributed by atoms with E-state index in [-0.39, 0.29) is 26.4 Å². The summed E-state index contributed by atoms with van der Waals surface area (Å²) in [6.45, 7) is 0.888. The van der Waals surface area contributed by atoms with Crippen LogP contribution in [0.4, 0.5) is 13.2 Å². The third-order valence-corrected chi connectivity index (χ3v) is 1.35. The lowest BCUT2D eigenvalue weighted by Gasteiger charge is -2.07. The molecule has 0 unspecified atom stereocenters. The third kappa shape index (κ3) is 8.04. The van der Waals surface area contributed by atoms with E-state index in [1.165, 1.54) is 6.92 Å². The molecular weight excluding hydrogens is 231 g/mol. The van der Waals surface area contributed by atoms with Crippen LogP contribution >= 0.6 is 0 Å². The Kier molecular flexibility index (Phi) is 6.47. The zero-order valence-electron chi connectivity index (χ0n) is 8.60. The summed E-state index contributed by atoms with van der Waals surface area (Å²) < 4.78 is 44.1. The van der Waals surface area contributed by atoms with Crippen molar-refractivity contribution in [1.29, 1.82) is 0 Å². The number of hydrogen-bond acceptors (Lipinski definition) is 4. The van der Waals surface area contributed by atoms with Gasteiger partial charge < -0.3 is 14.8 Å². The molecule has 0 aliphatic rings. The van der Waals surface area contributed by atoms with E-state index < -0.39 is 18.1 Å². The molecule has 0 heterocycles. The van der Waals surface area contributed by atoms with Crippen LogP contribution in [0.3, 0.4) is 0 Å². The van der Waals surface area contributed by atoms with Crippen LogP contribution in [0, 0.1) is 0 Å². The highest BCUT2D eigenvalue weighted by molar-refractivity contribution is 5.81. The molecule has 0 aliphatic heterocycles. The SMILES string of the molecule is CC(=O)OCOCCCNC(=O)C(F)(F)F. The Labute approximate surface area is 89.9 Å². The summed E-state index contributed by atoms with van der Waals surface area (Å²) in [6.07, 6.45) is -4.66. The van der Waals surface area contributed by atoms with Gasteiger partial charge in [0.05, 0.1) is 6.61 Å². The standard InChI is InChI=1S/C8H12F3NO4/c1-6(13)16-5-15-4-2-3-12-7(14)8(9,10)11/h2-5H2,1H3,(H,12,14). The van der Waals surface area contributed by atoms with Gasteiger partial charge in [0.15, 0.2) is 6.79 Å². The minimum atomic E-state index is -4.86. The monoisotopic (exact) mass is 243 g/mol. The van der Waals surface area contributed by atoms with E-state index in [2.05, 4.69) is 4.74 Å². The summed E-state index contributed by atoms with van der Waals surface area (Å²) in [5, 5.41) is 1.67. The molecule has 0 aliphatic carbocycles. The van der Waals surface area contributed by atoms with Crippen LogP contribution in [-0.4, -0.2) is 38.0 Å². The molecule has 16 heavy (non-hydrogen) atoms. The third-order valence-electron chi connectivity index (χ3n) is 1.35. The highest BCUT2D eigenvalue weighted by atomic mass is 19.4. The summed E-state index contributed by atoms with van der Waals surface area (Å²) in [4.78, 5) is 20.5. The Balaban J connectivity index is 3.34. The first kappa shape index (κ1) is 14.7. The van der Waals surface area contributed by atoms with E-state index >= 15 is 0 Å². The molecule has 0 atom stereocenters. The summed E-state index contributed by atoms with van der Waals surface area (Å²) >= 11 is 0. The fourth-order valence-corrected chi connectivity index (χ4v) is 0.660. The molecule has 1 amide bonds.